The van der Waals surface area contributed by atoms with Crippen LogP contribution in [0.15, 0.2) is 29.5 Å². The molecule has 0 saturated heterocycles. The Morgan fingerprint density at radius 1 is 1.30 bits per heavy atom. The van der Waals surface area contributed by atoms with Gasteiger partial charge in [0, 0.05) is 5.70 Å². The molecule has 1 aromatic carbocycles. The average Bonchev–Trinajstić information content (AvgIpc) is 2.45. The number of carbonyl (C=O) groups excluding carboxylic acids is 1. The van der Waals surface area contributed by atoms with E-state index in [0.29, 0.717) is 16.4 Å². The van der Waals surface area contributed by atoms with E-state index in [4.69, 9.17) is 21.7 Å². The zero-order valence-electron chi connectivity index (χ0n) is 14.0. The normalized spacial score (nSPS) is 17.7. The molecule has 2 N–H and O–H groups in total. The second kappa shape index (κ2) is 7.00. The molecule has 1 heterocycles. The van der Waals surface area contributed by atoms with Gasteiger partial charge < -0.3 is 20.1 Å². The molecule has 6 heteroatoms. The number of esters is 1. The molecule has 0 spiro atoms. The number of methoxy groups -OCH3 is 1. The zero-order chi connectivity index (χ0) is 17.1. The minimum atomic E-state index is -0.347. The van der Waals surface area contributed by atoms with Gasteiger partial charge in [0.25, 0.3) is 0 Å². The average molecular weight is 334 g/mol. The van der Waals surface area contributed by atoms with Crippen LogP contribution >= 0.6 is 12.2 Å². The molecular weight excluding hydrogens is 312 g/mol. The topological polar surface area (TPSA) is 59.6 Å². The number of rotatable bonds is 4. The Balaban J connectivity index is 2.46. The zero-order valence-corrected chi connectivity index (χ0v) is 14.8. The molecule has 0 bridgehead atoms. The molecule has 0 unspecified atom stereocenters. The molecule has 1 atom stereocenters. The van der Waals surface area contributed by atoms with Gasteiger partial charge in [-0.3, -0.25) is 0 Å². The van der Waals surface area contributed by atoms with Crippen LogP contribution in [0.5, 0.6) is 5.75 Å². The Hall–Kier alpha value is -2.08. The van der Waals surface area contributed by atoms with Crippen LogP contribution in [0, 0.1) is 6.92 Å². The molecule has 0 saturated carbocycles. The Morgan fingerprint density at radius 2 is 2.00 bits per heavy atom. The molecule has 1 aliphatic rings. The van der Waals surface area contributed by atoms with E-state index in [9.17, 15) is 4.79 Å². The third-order valence-corrected chi connectivity index (χ3v) is 3.84. The fraction of sp³-hybridized carbons (Fsp3) is 0.412. The number of benzene rings is 1. The van der Waals surface area contributed by atoms with Gasteiger partial charge in [0.15, 0.2) is 5.11 Å². The first kappa shape index (κ1) is 17.3. The van der Waals surface area contributed by atoms with Crippen molar-refractivity contribution in [1.29, 1.82) is 0 Å². The third kappa shape index (κ3) is 3.82. The van der Waals surface area contributed by atoms with Gasteiger partial charge in [-0.05, 0) is 63.2 Å². The van der Waals surface area contributed by atoms with Gasteiger partial charge in [0.2, 0.25) is 0 Å². The smallest absolute Gasteiger partial charge is 0.338 e. The lowest BCUT2D eigenvalue weighted by molar-refractivity contribution is -0.143. The molecular formula is C17H22N2O3S. The summed E-state index contributed by atoms with van der Waals surface area (Å²) in [6.07, 6.45) is -0.186. The van der Waals surface area contributed by atoms with Crippen LogP contribution in [0.4, 0.5) is 0 Å². The third-order valence-electron chi connectivity index (χ3n) is 3.62. The van der Waals surface area contributed by atoms with E-state index in [1.165, 1.54) is 0 Å². The van der Waals surface area contributed by atoms with E-state index in [-0.39, 0.29) is 18.1 Å². The second-order valence-corrected chi connectivity index (χ2v) is 6.15. The number of thiocarbonyl (C=S) groups is 1. The Labute approximate surface area is 142 Å². The summed E-state index contributed by atoms with van der Waals surface area (Å²) >= 11 is 5.25. The van der Waals surface area contributed by atoms with Crippen molar-refractivity contribution in [1.82, 2.24) is 10.6 Å². The fourth-order valence-electron chi connectivity index (χ4n) is 2.57. The van der Waals surface area contributed by atoms with Gasteiger partial charge in [-0.15, -0.1) is 0 Å². The lowest BCUT2D eigenvalue weighted by Gasteiger charge is -2.31. The van der Waals surface area contributed by atoms with Crippen molar-refractivity contribution < 1.29 is 14.3 Å². The molecule has 0 amide bonds. The van der Waals surface area contributed by atoms with Crippen molar-refractivity contribution in [3.05, 3.63) is 40.6 Å². The first-order valence-corrected chi connectivity index (χ1v) is 7.88. The first-order valence-electron chi connectivity index (χ1n) is 7.47. The summed E-state index contributed by atoms with van der Waals surface area (Å²) in [5.74, 6) is 0.426. The molecule has 2 rings (SSSR count). The molecule has 0 radical (unpaired) electrons. The minimum Gasteiger partial charge on any atom is -0.497 e. The van der Waals surface area contributed by atoms with Gasteiger partial charge in [-0.2, -0.15) is 0 Å². The van der Waals surface area contributed by atoms with Crippen molar-refractivity contribution >= 4 is 23.3 Å². The van der Waals surface area contributed by atoms with Crippen LogP contribution in [-0.4, -0.2) is 24.3 Å². The number of hydrogen-bond donors (Lipinski definition) is 2. The number of allylic oxidation sites excluding steroid dienone is 1. The van der Waals surface area contributed by atoms with Crippen LogP contribution in [-0.2, 0) is 9.53 Å². The summed E-state index contributed by atoms with van der Waals surface area (Å²) in [4.78, 5) is 12.5. The van der Waals surface area contributed by atoms with Crippen LogP contribution in [0.3, 0.4) is 0 Å². The van der Waals surface area contributed by atoms with Crippen LogP contribution in [0.2, 0.25) is 0 Å². The van der Waals surface area contributed by atoms with E-state index in [0.717, 1.165) is 16.9 Å². The summed E-state index contributed by atoms with van der Waals surface area (Å²) in [5.41, 5.74) is 3.22. The standard InChI is InChI=1S/C17H22N2O3S/c1-9(2)22-16(20)14-11(4)18-17(23)19-15(14)13-7-6-12(21-5)8-10(13)3/h6-9,15H,1-5H3,(H2,18,19,23)/t15-/m1/s1. The molecule has 0 aromatic heterocycles. The largest absolute Gasteiger partial charge is 0.497 e. The van der Waals surface area contributed by atoms with Gasteiger partial charge in [-0.1, -0.05) is 6.07 Å². The highest BCUT2D eigenvalue weighted by Crippen LogP contribution is 2.31. The number of ether oxygens (including phenoxy) is 2. The monoisotopic (exact) mass is 334 g/mol. The lowest BCUT2D eigenvalue weighted by Crippen LogP contribution is -2.45. The van der Waals surface area contributed by atoms with E-state index < -0.39 is 0 Å². The van der Waals surface area contributed by atoms with Crippen molar-refractivity contribution in [3.8, 4) is 5.75 Å². The van der Waals surface area contributed by atoms with Gasteiger partial charge >= 0.3 is 5.97 Å². The Bertz CT molecular complexity index is 668. The van der Waals surface area contributed by atoms with Crippen LogP contribution in [0.25, 0.3) is 0 Å². The maximum Gasteiger partial charge on any atom is 0.338 e. The highest BCUT2D eigenvalue weighted by molar-refractivity contribution is 7.80. The number of nitrogens with one attached hydrogen (secondary N) is 2. The molecule has 1 aliphatic heterocycles. The minimum absolute atomic E-state index is 0.186. The van der Waals surface area contributed by atoms with E-state index in [1.807, 2.05) is 45.9 Å². The molecule has 1 aromatic rings. The summed E-state index contributed by atoms with van der Waals surface area (Å²) in [6.45, 7) is 7.47. The van der Waals surface area contributed by atoms with Crippen molar-refractivity contribution in [2.24, 2.45) is 0 Å². The maximum absolute atomic E-state index is 12.5. The predicted molar refractivity (Wildman–Crippen MR) is 93.3 cm³/mol. The molecule has 0 aliphatic carbocycles. The first-order chi connectivity index (χ1) is 10.8. The van der Waals surface area contributed by atoms with E-state index in [2.05, 4.69) is 10.6 Å². The Kier molecular flexibility index (Phi) is 5.26. The molecule has 0 fully saturated rings. The summed E-state index contributed by atoms with van der Waals surface area (Å²) in [7, 11) is 1.63. The highest BCUT2D eigenvalue weighted by Gasteiger charge is 2.32. The maximum atomic E-state index is 12.5. The van der Waals surface area contributed by atoms with Gasteiger partial charge in [0.1, 0.15) is 5.75 Å². The van der Waals surface area contributed by atoms with Gasteiger partial charge in [-0.25, -0.2) is 4.79 Å². The van der Waals surface area contributed by atoms with Crippen LogP contribution in [0.1, 0.15) is 37.9 Å². The summed E-state index contributed by atoms with van der Waals surface area (Å²) in [6, 6.07) is 5.40. The fourth-order valence-corrected chi connectivity index (χ4v) is 2.85. The second-order valence-electron chi connectivity index (χ2n) is 5.75. The SMILES string of the molecule is COc1ccc([C@H]2NC(=S)NC(C)=C2C(=O)OC(C)C)c(C)c1. The molecule has 5 nitrogen and oxygen atoms in total. The molecule has 23 heavy (non-hydrogen) atoms. The molecule has 124 valence electrons. The highest BCUT2D eigenvalue weighted by atomic mass is 32.1. The summed E-state index contributed by atoms with van der Waals surface area (Å²) < 4.78 is 10.6. The number of carbonyl (C=O) groups is 1. The van der Waals surface area contributed by atoms with E-state index >= 15 is 0 Å². The number of hydrogen-bond acceptors (Lipinski definition) is 4. The van der Waals surface area contributed by atoms with Gasteiger partial charge in [0.05, 0.1) is 24.8 Å². The summed E-state index contributed by atoms with van der Waals surface area (Å²) in [5, 5.41) is 6.66. The van der Waals surface area contributed by atoms with Crippen molar-refractivity contribution in [2.45, 2.75) is 39.8 Å². The van der Waals surface area contributed by atoms with E-state index in [1.54, 1.807) is 7.11 Å². The predicted octanol–water partition coefficient (Wildman–Crippen LogP) is 2.75. The Morgan fingerprint density at radius 3 is 2.57 bits per heavy atom. The van der Waals surface area contributed by atoms with Crippen molar-refractivity contribution in [3.63, 3.8) is 0 Å². The quantitative estimate of drug-likeness (QED) is 0.652. The lowest BCUT2D eigenvalue weighted by atomic mass is 9.92. The van der Waals surface area contributed by atoms with Crippen LogP contribution < -0.4 is 15.4 Å². The van der Waals surface area contributed by atoms with Crippen molar-refractivity contribution in [2.75, 3.05) is 7.11 Å². The number of aryl methyl sites for hydroxylation is 1.